The molecule has 5 rings (SSSR count). The second-order valence-corrected chi connectivity index (χ2v) is 8.46. The van der Waals surface area contributed by atoms with E-state index in [1.807, 2.05) is 64.8 Å². The van der Waals surface area contributed by atoms with E-state index in [1.54, 1.807) is 6.08 Å². The van der Waals surface area contributed by atoms with Gasteiger partial charge in [-0.2, -0.15) is 5.10 Å². The van der Waals surface area contributed by atoms with Gasteiger partial charge in [-0.3, -0.25) is 9.79 Å². The number of carbonyl (C=O) groups excluding carboxylic acids is 1. The van der Waals surface area contributed by atoms with E-state index in [0.29, 0.717) is 18.0 Å². The summed E-state index contributed by atoms with van der Waals surface area (Å²) >= 11 is 1.50. The fourth-order valence-electron chi connectivity index (χ4n) is 3.62. The Bertz CT molecular complexity index is 1430. The topological polar surface area (TPSA) is 68.0 Å². The van der Waals surface area contributed by atoms with Crippen LogP contribution in [-0.4, -0.2) is 29.9 Å². The predicted molar refractivity (Wildman–Crippen MR) is 137 cm³/mol. The minimum absolute atomic E-state index is 0.0305. The van der Waals surface area contributed by atoms with Crippen LogP contribution in [0, 0.1) is 0 Å². The second kappa shape index (κ2) is 9.72. The Balaban J connectivity index is 1.49. The molecule has 4 aromatic rings. The summed E-state index contributed by atoms with van der Waals surface area (Å²) in [6.07, 6.45) is 3.57. The minimum Gasteiger partial charge on any atom is -0.482 e. The number of nitrogens with one attached hydrogen (secondary N) is 1. The van der Waals surface area contributed by atoms with Crippen LogP contribution in [0.3, 0.4) is 0 Å². The number of thiazole rings is 1. The zero-order valence-corrected chi connectivity index (χ0v) is 19.2. The zero-order chi connectivity index (χ0) is 23.3. The Morgan fingerprint density at radius 1 is 1.03 bits per heavy atom. The molecule has 0 spiro atoms. The Hall–Kier alpha value is -4.23. The van der Waals surface area contributed by atoms with E-state index >= 15 is 0 Å². The molecule has 6 nitrogen and oxygen atoms in total. The quantitative estimate of drug-likeness (QED) is 0.314. The van der Waals surface area contributed by atoms with Gasteiger partial charge in [-0.1, -0.05) is 60.7 Å². The molecule has 34 heavy (non-hydrogen) atoms. The molecule has 0 atom stereocenters. The predicted octanol–water partition coefficient (Wildman–Crippen LogP) is 5.18. The molecule has 1 aromatic heterocycles. The number of nitrogens with zero attached hydrogens (tertiary/aromatic N) is 3. The Morgan fingerprint density at radius 3 is 2.59 bits per heavy atom. The van der Waals surface area contributed by atoms with Crippen molar-refractivity contribution in [2.45, 2.75) is 0 Å². The summed E-state index contributed by atoms with van der Waals surface area (Å²) in [5, 5.41) is 9.62. The van der Waals surface area contributed by atoms with Gasteiger partial charge in [0.05, 0.1) is 24.1 Å². The molecule has 0 fully saturated rings. The lowest BCUT2D eigenvalue weighted by atomic mass is 10.0. The molecular formula is C27H22N4O2S. The summed E-state index contributed by atoms with van der Waals surface area (Å²) in [6, 6.07) is 24.2. The van der Waals surface area contributed by atoms with Gasteiger partial charge < -0.3 is 10.1 Å². The van der Waals surface area contributed by atoms with Gasteiger partial charge in [0, 0.05) is 10.9 Å². The molecule has 7 heteroatoms. The Kier molecular flexibility index (Phi) is 6.18. The summed E-state index contributed by atoms with van der Waals surface area (Å²) in [5.41, 5.74) is 5.72. The summed E-state index contributed by atoms with van der Waals surface area (Å²) in [6.45, 7) is 4.29. The maximum atomic E-state index is 11.7. The number of anilines is 1. The average Bonchev–Trinajstić information content (AvgIpc) is 3.29. The molecule has 0 saturated heterocycles. The standard InChI is InChI=1S/C27H22N4O2S/c1-2-14-28-27-31(29-16-19-8-10-21(11-9-19)20-6-4-3-5-7-20)24(18-34-27)22-12-13-25-23(15-22)30-26(32)17-33-25/h2-13,15-16,18H,1,14,17H2,(H,30,32). The smallest absolute Gasteiger partial charge is 0.262 e. The first kappa shape index (κ1) is 21.6. The van der Waals surface area contributed by atoms with Crippen LogP contribution < -0.4 is 14.9 Å². The molecule has 3 aromatic carbocycles. The van der Waals surface area contributed by atoms with Crippen molar-refractivity contribution in [1.82, 2.24) is 4.68 Å². The van der Waals surface area contributed by atoms with Crippen LogP contribution in [0.5, 0.6) is 5.75 Å². The van der Waals surface area contributed by atoms with E-state index in [0.717, 1.165) is 27.2 Å². The first-order chi connectivity index (χ1) is 16.7. The highest BCUT2D eigenvalue weighted by Gasteiger charge is 2.17. The van der Waals surface area contributed by atoms with Crippen LogP contribution >= 0.6 is 11.3 Å². The third-order valence-corrected chi connectivity index (χ3v) is 6.14. The Labute approximate surface area is 201 Å². The molecule has 0 radical (unpaired) electrons. The van der Waals surface area contributed by atoms with E-state index in [1.165, 1.54) is 16.9 Å². The summed E-state index contributed by atoms with van der Waals surface area (Å²) < 4.78 is 7.30. The number of aromatic nitrogens is 1. The van der Waals surface area contributed by atoms with Crippen LogP contribution in [-0.2, 0) is 4.79 Å². The lowest BCUT2D eigenvalue weighted by molar-refractivity contribution is -0.118. The highest BCUT2D eigenvalue weighted by molar-refractivity contribution is 7.07. The number of hydrogen-bond donors (Lipinski definition) is 1. The van der Waals surface area contributed by atoms with Gasteiger partial charge in [0.2, 0.25) is 4.80 Å². The van der Waals surface area contributed by atoms with Gasteiger partial charge in [0.1, 0.15) is 5.75 Å². The SMILES string of the molecule is C=CCN=c1scc(-c2ccc3c(c2)NC(=O)CO3)n1N=Cc1ccc(-c2ccccc2)cc1. The summed E-state index contributed by atoms with van der Waals surface area (Å²) in [7, 11) is 0. The third-order valence-electron chi connectivity index (χ3n) is 5.29. The van der Waals surface area contributed by atoms with E-state index in [4.69, 9.17) is 9.84 Å². The molecule has 0 unspecified atom stereocenters. The normalized spacial score (nSPS) is 13.4. The van der Waals surface area contributed by atoms with E-state index < -0.39 is 0 Å². The number of rotatable bonds is 6. The van der Waals surface area contributed by atoms with Crippen LogP contribution in [0.2, 0.25) is 0 Å². The first-order valence-electron chi connectivity index (χ1n) is 10.8. The van der Waals surface area contributed by atoms with Crippen molar-refractivity contribution in [2.24, 2.45) is 10.1 Å². The molecule has 0 bridgehead atoms. The van der Waals surface area contributed by atoms with Crippen LogP contribution in [0.15, 0.2) is 101 Å². The summed E-state index contributed by atoms with van der Waals surface area (Å²) in [5.74, 6) is 0.491. The van der Waals surface area contributed by atoms with Crippen molar-refractivity contribution in [1.29, 1.82) is 0 Å². The second-order valence-electron chi connectivity index (χ2n) is 7.63. The van der Waals surface area contributed by atoms with Crippen molar-refractivity contribution in [3.05, 3.63) is 101 Å². The average molecular weight is 467 g/mol. The van der Waals surface area contributed by atoms with Crippen molar-refractivity contribution in [3.63, 3.8) is 0 Å². The number of ether oxygens (including phenoxy) is 1. The molecule has 2 heterocycles. The van der Waals surface area contributed by atoms with Gasteiger partial charge in [0.25, 0.3) is 5.91 Å². The van der Waals surface area contributed by atoms with E-state index in [9.17, 15) is 4.79 Å². The monoisotopic (exact) mass is 466 g/mol. The van der Waals surface area contributed by atoms with Crippen molar-refractivity contribution in [3.8, 4) is 28.1 Å². The van der Waals surface area contributed by atoms with Crippen LogP contribution in [0.25, 0.3) is 22.4 Å². The molecule has 1 amide bonds. The molecule has 168 valence electrons. The largest absolute Gasteiger partial charge is 0.482 e. The fourth-order valence-corrected chi connectivity index (χ4v) is 4.47. The van der Waals surface area contributed by atoms with Crippen LogP contribution in [0.1, 0.15) is 5.56 Å². The lowest BCUT2D eigenvalue weighted by Gasteiger charge is -2.18. The molecule has 0 aliphatic carbocycles. The number of benzene rings is 3. The maximum absolute atomic E-state index is 11.7. The maximum Gasteiger partial charge on any atom is 0.262 e. The summed E-state index contributed by atoms with van der Waals surface area (Å²) in [4.78, 5) is 17.1. The van der Waals surface area contributed by atoms with Gasteiger partial charge in [-0.05, 0) is 34.9 Å². The zero-order valence-electron chi connectivity index (χ0n) is 18.3. The minimum atomic E-state index is -0.165. The van der Waals surface area contributed by atoms with Gasteiger partial charge in [-0.25, -0.2) is 4.68 Å². The molecule has 0 saturated carbocycles. The number of fused-ring (bicyclic) bond motifs is 1. The molecule has 1 aliphatic heterocycles. The van der Waals surface area contributed by atoms with Gasteiger partial charge in [-0.15, -0.1) is 17.9 Å². The van der Waals surface area contributed by atoms with Crippen molar-refractivity contribution >= 4 is 29.1 Å². The number of amides is 1. The molecule has 1 aliphatic rings. The number of hydrogen-bond acceptors (Lipinski definition) is 5. The fraction of sp³-hybridized carbons (Fsp3) is 0.0741. The lowest BCUT2D eigenvalue weighted by Crippen LogP contribution is -2.25. The van der Waals surface area contributed by atoms with E-state index in [-0.39, 0.29) is 12.5 Å². The van der Waals surface area contributed by atoms with Crippen molar-refractivity contribution in [2.75, 3.05) is 18.5 Å². The molecule has 1 N–H and O–H groups in total. The highest BCUT2D eigenvalue weighted by Crippen LogP contribution is 2.33. The van der Waals surface area contributed by atoms with Gasteiger partial charge in [0.15, 0.2) is 6.61 Å². The van der Waals surface area contributed by atoms with Crippen molar-refractivity contribution < 1.29 is 9.53 Å². The number of carbonyl (C=O) groups is 1. The third kappa shape index (κ3) is 4.60. The van der Waals surface area contributed by atoms with E-state index in [2.05, 4.69) is 41.2 Å². The highest BCUT2D eigenvalue weighted by atomic mass is 32.1. The van der Waals surface area contributed by atoms with Crippen LogP contribution in [0.4, 0.5) is 5.69 Å². The molecular weight excluding hydrogens is 444 g/mol. The van der Waals surface area contributed by atoms with Gasteiger partial charge >= 0.3 is 0 Å². The first-order valence-corrected chi connectivity index (χ1v) is 11.7. The Morgan fingerprint density at radius 2 is 1.79 bits per heavy atom.